The minimum absolute atomic E-state index is 0.0378. The number of hydrogen-bond acceptors (Lipinski definition) is 2. The lowest BCUT2D eigenvalue weighted by molar-refractivity contribution is -0.684. The summed E-state index contributed by atoms with van der Waals surface area (Å²) in [7, 11) is 0. The monoisotopic (exact) mass is 307 g/mol. The molecule has 0 saturated heterocycles. The summed E-state index contributed by atoms with van der Waals surface area (Å²) in [6, 6.07) is 7.32. The molecule has 1 amide bonds. The van der Waals surface area contributed by atoms with Crippen molar-refractivity contribution in [3.8, 4) is 0 Å². The van der Waals surface area contributed by atoms with Crippen LogP contribution in [0.1, 0.15) is 17.3 Å². The number of carbonyl (C=O) groups is 2. The zero-order chi connectivity index (χ0) is 15.4. The summed E-state index contributed by atoms with van der Waals surface area (Å²) in [6.45, 7) is 1.50. The molecular formula is C15H13ClFN2O2+. The first-order valence-corrected chi connectivity index (χ1v) is 6.58. The van der Waals surface area contributed by atoms with E-state index < -0.39 is 5.82 Å². The van der Waals surface area contributed by atoms with Gasteiger partial charge in [-0.2, -0.15) is 4.57 Å². The second-order valence-electron chi connectivity index (χ2n) is 4.50. The van der Waals surface area contributed by atoms with E-state index in [-0.39, 0.29) is 23.3 Å². The van der Waals surface area contributed by atoms with E-state index in [0.717, 1.165) is 0 Å². The van der Waals surface area contributed by atoms with Crippen molar-refractivity contribution in [3.63, 3.8) is 0 Å². The summed E-state index contributed by atoms with van der Waals surface area (Å²) in [5.41, 5.74) is 0.935. The third kappa shape index (κ3) is 4.10. The highest BCUT2D eigenvalue weighted by Crippen LogP contribution is 2.19. The highest BCUT2D eigenvalue weighted by molar-refractivity contribution is 6.31. The Morgan fingerprint density at radius 1 is 1.33 bits per heavy atom. The first-order valence-electron chi connectivity index (χ1n) is 6.20. The highest BCUT2D eigenvalue weighted by atomic mass is 35.5. The standard InChI is InChI=1S/C15H12ClFN2O2/c1-10(20)11-3-2-6-19(8-11)9-15(21)18-12-4-5-14(17)13(16)7-12/h2-8H,9H2,1H3/p+1. The molecule has 0 fully saturated rings. The number of benzene rings is 1. The van der Waals surface area contributed by atoms with Crippen LogP contribution in [-0.4, -0.2) is 11.7 Å². The molecule has 6 heteroatoms. The van der Waals surface area contributed by atoms with Crippen molar-refractivity contribution in [2.75, 3.05) is 5.32 Å². The minimum Gasteiger partial charge on any atom is -0.321 e. The van der Waals surface area contributed by atoms with Crippen LogP contribution in [0.25, 0.3) is 0 Å². The normalized spacial score (nSPS) is 10.2. The second-order valence-corrected chi connectivity index (χ2v) is 4.91. The summed E-state index contributed by atoms with van der Waals surface area (Å²) in [5, 5.41) is 2.55. The van der Waals surface area contributed by atoms with Gasteiger partial charge >= 0.3 is 0 Å². The molecule has 1 heterocycles. The Hall–Kier alpha value is -2.27. The molecule has 21 heavy (non-hydrogen) atoms. The van der Waals surface area contributed by atoms with E-state index in [1.165, 1.54) is 25.1 Å². The lowest BCUT2D eigenvalue weighted by Crippen LogP contribution is -2.40. The van der Waals surface area contributed by atoms with Gasteiger partial charge in [-0.05, 0) is 31.2 Å². The van der Waals surface area contributed by atoms with E-state index in [9.17, 15) is 14.0 Å². The fourth-order valence-corrected chi connectivity index (χ4v) is 1.95. The van der Waals surface area contributed by atoms with E-state index >= 15 is 0 Å². The largest absolute Gasteiger partial charge is 0.321 e. The molecule has 2 rings (SSSR count). The van der Waals surface area contributed by atoms with Gasteiger partial charge in [-0.1, -0.05) is 11.6 Å². The van der Waals surface area contributed by atoms with Crippen LogP contribution >= 0.6 is 11.6 Å². The van der Waals surface area contributed by atoms with Crippen molar-refractivity contribution in [1.82, 2.24) is 0 Å². The number of amides is 1. The van der Waals surface area contributed by atoms with Crippen molar-refractivity contribution >= 4 is 29.0 Å². The average Bonchev–Trinajstić information content (AvgIpc) is 2.43. The minimum atomic E-state index is -0.543. The van der Waals surface area contributed by atoms with Crippen molar-refractivity contribution < 1.29 is 18.5 Å². The molecule has 0 aliphatic carbocycles. The number of ketones is 1. The predicted molar refractivity (Wildman–Crippen MR) is 76.7 cm³/mol. The van der Waals surface area contributed by atoms with Gasteiger partial charge < -0.3 is 5.32 Å². The Morgan fingerprint density at radius 3 is 2.76 bits per heavy atom. The Morgan fingerprint density at radius 2 is 2.10 bits per heavy atom. The molecule has 0 spiro atoms. The number of anilines is 1. The van der Waals surface area contributed by atoms with Crippen LogP contribution in [0.2, 0.25) is 5.02 Å². The van der Waals surface area contributed by atoms with Gasteiger partial charge in [-0.25, -0.2) is 4.39 Å². The number of pyridine rings is 1. The lowest BCUT2D eigenvalue weighted by atomic mass is 10.2. The number of carbonyl (C=O) groups excluding carboxylic acids is 2. The van der Waals surface area contributed by atoms with Crippen molar-refractivity contribution in [2.45, 2.75) is 13.5 Å². The Kier molecular flexibility index (Phi) is 4.65. The van der Waals surface area contributed by atoms with Crippen LogP contribution in [0, 0.1) is 5.82 Å². The molecule has 0 saturated carbocycles. The number of aromatic nitrogens is 1. The van der Waals surface area contributed by atoms with E-state index in [2.05, 4.69) is 5.32 Å². The van der Waals surface area contributed by atoms with Gasteiger partial charge in [0, 0.05) is 11.8 Å². The van der Waals surface area contributed by atoms with Gasteiger partial charge in [-0.3, -0.25) is 9.59 Å². The van der Waals surface area contributed by atoms with Gasteiger partial charge in [0.25, 0.3) is 5.91 Å². The van der Waals surface area contributed by atoms with E-state index in [0.29, 0.717) is 11.3 Å². The van der Waals surface area contributed by atoms with Gasteiger partial charge in [0.05, 0.1) is 10.6 Å². The number of Topliss-reactive ketones (excluding diaryl/α,β-unsaturated/α-hetero) is 1. The van der Waals surface area contributed by atoms with Crippen LogP contribution in [0.4, 0.5) is 10.1 Å². The molecule has 4 nitrogen and oxygen atoms in total. The summed E-state index contributed by atoms with van der Waals surface area (Å²) in [6.07, 6.45) is 3.28. The van der Waals surface area contributed by atoms with E-state index in [1.54, 1.807) is 29.1 Å². The van der Waals surface area contributed by atoms with Crippen molar-refractivity contribution in [3.05, 3.63) is 59.1 Å². The second kappa shape index (κ2) is 6.45. The van der Waals surface area contributed by atoms with Gasteiger partial charge in [0.1, 0.15) is 5.82 Å². The first-order chi connectivity index (χ1) is 9.95. The Bertz CT molecular complexity index is 704. The Balaban J connectivity index is 2.06. The molecule has 0 bridgehead atoms. The summed E-state index contributed by atoms with van der Waals surface area (Å²) < 4.78 is 14.6. The maximum atomic E-state index is 13.0. The third-order valence-corrected chi connectivity index (χ3v) is 3.08. The van der Waals surface area contributed by atoms with Gasteiger partial charge in [0.2, 0.25) is 6.54 Å². The third-order valence-electron chi connectivity index (χ3n) is 2.79. The molecule has 2 aromatic rings. The zero-order valence-electron chi connectivity index (χ0n) is 11.3. The number of halogens is 2. The summed E-state index contributed by atoms with van der Waals surface area (Å²) >= 11 is 5.64. The van der Waals surface area contributed by atoms with Crippen LogP contribution in [0.3, 0.4) is 0 Å². The molecule has 0 aliphatic rings. The van der Waals surface area contributed by atoms with Gasteiger partial charge in [0.15, 0.2) is 18.2 Å². The average molecular weight is 308 g/mol. The number of hydrogen-bond donors (Lipinski definition) is 1. The summed E-state index contributed by atoms with van der Waals surface area (Å²) in [4.78, 5) is 23.2. The molecule has 1 aromatic heterocycles. The molecule has 0 aliphatic heterocycles. The topological polar surface area (TPSA) is 50.0 Å². The fourth-order valence-electron chi connectivity index (χ4n) is 1.77. The van der Waals surface area contributed by atoms with Crippen LogP contribution in [0.5, 0.6) is 0 Å². The smallest absolute Gasteiger partial charge is 0.290 e. The Labute approximate surface area is 126 Å². The molecule has 0 unspecified atom stereocenters. The van der Waals surface area contributed by atoms with Crippen LogP contribution in [-0.2, 0) is 11.3 Å². The van der Waals surface area contributed by atoms with E-state index in [1.807, 2.05) is 0 Å². The zero-order valence-corrected chi connectivity index (χ0v) is 12.0. The predicted octanol–water partition coefficient (Wildman–Crippen LogP) is 2.61. The molecular weight excluding hydrogens is 295 g/mol. The quantitative estimate of drug-likeness (QED) is 0.697. The number of nitrogens with one attached hydrogen (secondary N) is 1. The number of rotatable bonds is 4. The SMILES string of the molecule is CC(=O)c1ccc[n+](CC(=O)Nc2ccc(F)c(Cl)c2)c1. The summed E-state index contributed by atoms with van der Waals surface area (Å²) in [5.74, 6) is -0.920. The molecule has 0 radical (unpaired) electrons. The molecule has 1 N–H and O–H groups in total. The van der Waals surface area contributed by atoms with E-state index in [4.69, 9.17) is 11.6 Å². The van der Waals surface area contributed by atoms with Gasteiger partial charge in [-0.15, -0.1) is 0 Å². The maximum absolute atomic E-state index is 13.0. The highest BCUT2D eigenvalue weighted by Gasteiger charge is 2.12. The van der Waals surface area contributed by atoms with Crippen LogP contribution in [0.15, 0.2) is 42.7 Å². The van der Waals surface area contributed by atoms with Crippen molar-refractivity contribution in [2.24, 2.45) is 0 Å². The van der Waals surface area contributed by atoms with Crippen LogP contribution < -0.4 is 9.88 Å². The fraction of sp³-hybridized carbons (Fsp3) is 0.133. The molecule has 1 aromatic carbocycles. The first kappa shape index (κ1) is 15.1. The lowest BCUT2D eigenvalue weighted by Gasteiger charge is -2.04. The maximum Gasteiger partial charge on any atom is 0.290 e. The molecule has 0 atom stereocenters. The van der Waals surface area contributed by atoms with Crippen molar-refractivity contribution in [1.29, 1.82) is 0 Å². The number of nitrogens with zero attached hydrogens (tertiary/aromatic N) is 1. The molecule has 108 valence electrons.